The molecule has 0 unspecified atom stereocenters. The van der Waals surface area contributed by atoms with E-state index in [2.05, 4.69) is 535 Å². The van der Waals surface area contributed by atoms with Crippen molar-refractivity contribution in [1.29, 1.82) is 0 Å². The van der Waals surface area contributed by atoms with Gasteiger partial charge in [-0.1, -0.05) is 512 Å². The second-order valence-electron chi connectivity index (χ2n) is 28.3. The average molecular weight is 1510 g/mol. The molecule has 0 aromatic heterocycles. The first-order valence-electron chi connectivity index (χ1n) is 40.5. The molecule has 8 heteroatoms. The topological polar surface area (TPSA) is 111 Å². The maximum Gasteiger partial charge on any atom is 0.108 e. The van der Waals surface area contributed by atoms with Crippen LogP contribution in [-0.4, -0.2) is 50.8 Å². The molecule has 0 aliphatic carbocycles. The fraction of sp³-hybridized carbons (Fsp3) is 0.0370. The van der Waals surface area contributed by atoms with Crippen molar-refractivity contribution < 1.29 is 22.9 Å². The van der Waals surface area contributed by atoms with Crippen LogP contribution in [0.3, 0.4) is 0 Å². The first-order valence-corrected chi connectivity index (χ1v) is 40.5. The first kappa shape index (κ1) is 86.6. The Kier molecular flexibility index (Phi) is 35.7. The van der Waals surface area contributed by atoms with Crippen molar-refractivity contribution in [3.05, 3.63) is 536 Å². The van der Waals surface area contributed by atoms with E-state index in [1.165, 1.54) is 87.4 Å². The normalized spacial score (nSPS) is 10.5. The monoisotopic (exact) mass is 1510 g/mol. The highest BCUT2D eigenvalue weighted by atomic mass is 14.5. The summed E-state index contributed by atoms with van der Waals surface area (Å²) in [6, 6.07) is 174. The Balaban J connectivity index is 0.000000166. The average Bonchev–Trinajstić information content (AvgIpc) is 0.760. The van der Waals surface area contributed by atoms with Crippen molar-refractivity contribution >= 4 is 112 Å². The number of hydrogen-bond acceptors (Lipinski definition) is 0. The third kappa shape index (κ3) is 21.7. The van der Waals surface area contributed by atoms with Crippen LogP contribution in [0.4, 0.5) is 0 Å². The van der Waals surface area contributed by atoms with Gasteiger partial charge in [-0.25, -0.2) is 0 Å². The molecule has 16 aromatic rings. The molecule has 16 aromatic carbocycles. The van der Waals surface area contributed by atoms with Crippen molar-refractivity contribution in [2.75, 3.05) is 26.2 Å². The molecule has 0 bridgehead atoms. The summed E-state index contributed by atoms with van der Waals surface area (Å²) in [5, 5.41) is 0. The van der Waals surface area contributed by atoms with Crippen molar-refractivity contribution in [2.45, 2.75) is 0 Å². The summed E-state index contributed by atoms with van der Waals surface area (Å²) in [4.78, 5) is 0. The summed E-state index contributed by atoms with van der Waals surface area (Å²) >= 11 is 0. The predicted octanol–water partition coefficient (Wildman–Crippen LogP) is 9.91. The van der Waals surface area contributed by atoms with Gasteiger partial charge in [0.05, 0.1) is 26.2 Å². The first-order chi connectivity index (χ1) is 57.3. The molecule has 0 aliphatic rings. The van der Waals surface area contributed by atoms with Crippen LogP contribution in [0.5, 0.6) is 0 Å². The minimum Gasteiger partial charge on any atom is -0.354 e. The summed E-state index contributed by atoms with van der Waals surface area (Å²) in [7, 11) is 0. The van der Waals surface area contributed by atoms with Crippen LogP contribution in [0.2, 0.25) is 0 Å². The van der Waals surface area contributed by atoms with Crippen LogP contribution in [0, 0.1) is 0 Å². The van der Waals surface area contributed by atoms with Crippen LogP contribution < -0.4 is 110 Å². The van der Waals surface area contributed by atoms with E-state index in [0.29, 0.717) is 0 Å². The summed E-state index contributed by atoms with van der Waals surface area (Å²) in [6.45, 7) is 17.0. The van der Waals surface area contributed by atoms with Crippen LogP contribution in [0.1, 0.15) is 0 Å². The lowest BCUT2D eigenvalue weighted by molar-refractivity contribution is -0.353. The Hall–Kier alpha value is -13.4. The van der Waals surface area contributed by atoms with Gasteiger partial charge in [0.15, 0.2) is 0 Å². The lowest BCUT2D eigenvalue weighted by atomic mass is 9.13. The Morgan fingerprint density at radius 3 is 0.224 bits per heavy atom. The smallest absolute Gasteiger partial charge is 0.108 e. The van der Waals surface area contributed by atoms with Gasteiger partial charge in [-0.15, -0.1) is 0 Å². The highest BCUT2D eigenvalue weighted by molar-refractivity contribution is 7.22. The molecule has 4 nitrogen and oxygen atoms in total. The fourth-order valence-corrected chi connectivity index (χ4v) is 16.5. The molecule has 0 amide bonds. The molecule has 12 N–H and O–H groups in total. The van der Waals surface area contributed by atoms with E-state index >= 15 is 0 Å². The van der Waals surface area contributed by atoms with Gasteiger partial charge in [0, 0.05) is 0 Å². The third-order valence-corrected chi connectivity index (χ3v) is 21.6. The van der Waals surface area contributed by atoms with Gasteiger partial charge in [-0.2, -0.15) is 87.4 Å². The van der Waals surface area contributed by atoms with E-state index < -0.39 is 24.6 Å². The number of rotatable bonds is 20. The quantitative estimate of drug-likeness (QED) is 0.0431. The Bertz CT molecular complexity index is 3960. The molecule has 576 valence electrons. The van der Waals surface area contributed by atoms with E-state index in [4.69, 9.17) is 0 Å². The van der Waals surface area contributed by atoms with Gasteiger partial charge in [0.25, 0.3) is 0 Å². The molecule has 116 heavy (non-hydrogen) atoms. The van der Waals surface area contributed by atoms with E-state index in [-0.39, 0.29) is 0 Å². The number of quaternary nitrogens is 4. The van der Waals surface area contributed by atoms with Gasteiger partial charge in [-0.05, 0) is 24.3 Å². The van der Waals surface area contributed by atoms with Gasteiger partial charge >= 0.3 is 0 Å². The Labute approximate surface area is 692 Å². The Morgan fingerprint density at radius 2 is 0.181 bits per heavy atom. The molecular weight excluding hydrogens is 1400 g/mol. The Morgan fingerprint density at radius 1 is 0.129 bits per heavy atom. The number of benzene rings is 16. The standard InChI is InChI=1S/4C24H20B.4C3H7N/c4*1-5-13-21(14-6-1)25(22-15-7-2-8-16-22,23-17-9-3-10-18-23)24-19-11-4-12-20-24;4*1-2-3-4/h4*1-20H;4*2H,1,3-4H2/q4*-1;;;;/p+4. The minimum absolute atomic E-state index is 0.833. The molecule has 0 saturated carbocycles. The SMILES string of the molecule is C=CC[NH3+].C=CC[NH3+].C=CC[NH3+].C=CC[NH3+].c1ccc([B-](c2ccccc2)(c2ccccc2)c2ccccc2)cc1.c1ccc([B-](c2ccccc2)(c2ccccc2)c2ccccc2)cc1.c1ccc([B-](c2ccccc2)(c2ccccc2)c2ccccc2)cc1.c1ccc([B-](c2ccccc2)(c2ccccc2)c2ccccc2)cc1. The molecule has 0 fully saturated rings. The summed E-state index contributed by atoms with van der Waals surface area (Å²) in [5.41, 5.74) is 35.4. The zero-order chi connectivity index (χ0) is 81.5. The summed E-state index contributed by atoms with van der Waals surface area (Å²) in [5.74, 6) is 0. The van der Waals surface area contributed by atoms with Crippen LogP contribution in [0.25, 0.3) is 0 Å². The van der Waals surface area contributed by atoms with Crippen molar-refractivity contribution in [1.82, 2.24) is 0 Å². The number of hydrogen-bond donors (Lipinski definition) is 4. The van der Waals surface area contributed by atoms with Gasteiger partial charge in [0.2, 0.25) is 0 Å². The minimum atomic E-state index is -1.22. The zero-order valence-electron chi connectivity index (χ0n) is 67.3. The predicted molar refractivity (Wildman–Crippen MR) is 512 cm³/mol. The van der Waals surface area contributed by atoms with Crippen LogP contribution in [0.15, 0.2) is 536 Å². The van der Waals surface area contributed by atoms with Gasteiger partial charge < -0.3 is 22.9 Å². The zero-order valence-corrected chi connectivity index (χ0v) is 67.3. The van der Waals surface area contributed by atoms with Crippen LogP contribution in [-0.2, 0) is 0 Å². The maximum atomic E-state index is 3.49. The molecule has 0 heterocycles. The third-order valence-electron chi connectivity index (χ3n) is 21.6. The summed E-state index contributed by atoms with van der Waals surface area (Å²) < 4.78 is 0. The molecule has 0 aliphatic heterocycles. The van der Waals surface area contributed by atoms with Gasteiger partial charge in [-0.3, -0.25) is 0 Å². The van der Waals surface area contributed by atoms with Crippen molar-refractivity contribution in [3.63, 3.8) is 0 Å². The highest BCUT2D eigenvalue weighted by Crippen LogP contribution is 2.15. The van der Waals surface area contributed by atoms with E-state index in [1.54, 1.807) is 24.3 Å². The highest BCUT2D eigenvalue weighted by Gasteiger charge is 2.35. The molecular formula is C108H112B4N4. The van der Waals surface area contributed by atoms with Crippen molar-refractivity contribution in [2.24, 2.45) is 0 Å². The largest absolute Gasteiger partial charge is 0.354 e. The molecule has 0 radical (unpaired) electrons. The lowest BCUT2D eigenvalue weighted by Gasteiger charge is -2.44. The van der Waals surface area contributed by atoms with Crippen molar-refractivity contribution in [3.8, 4) is 0 Å². The maximum absolute atomic E-state index is 3.49. The van der Waals surface area contributed by atoms with Gasteiger partial charge in [0.1, 0.15) is 24.6 Å². The van der Waals surface area contributed by atoms with E-state index in [0.717, 1.165) is 26.2 Å². The summed E-state index contributed by atoms with van der Waals surface area (Å²) in [6.07, 6.45) is 2.19. The molecule has 16 rings (SSSR count). The van der Waals surface area contributed by atoms with E-state index in [1.807, 2.05) is 0 Å². The molecule has 0 spiro atoms. The lowest BCUT2D eigenvalue weighted by Crippen LogP contribution is -2.74. The van der Waals surface area contributed by atoms with E-state index in [9.17, 15) is 0 Å². The molecule has 0 atom stereocenters. The van der Waals surface area contributed by atoms with Crippen LogP contribution >= 0.6 is 0 Å². The molecule has 0 saturated heterocycles. The second kappa shape index (κ2) is 47.8. The fourth-order valence-electron chi connectivity index (χ4n) is 16.5. The second-order valence-corrected chi connectivity index (χ2v) is 28.3.